The molecule has 0 aliphatic carbocycles. The van der Waals surface area contributed by atoms with Crippen LogP contribution in [0.3, 0.4) is 0 Å². The van der Waals surface area contributed by atoms with Crippen LogP contribution in [0.15, 0.2) is 12.1 Å². The van der Waals surface area contributed by atoms with Crippen molar-refractivity contribution in [2.75, 3.05) is 12.4 Å². The number of ether oxygens (including phenoxy) is 1. The molecule has 0 bridgehead atoms. The fourth-order valence-corrected chi connectivity index (χ4v) is 1.80. The Hall–Kier alpha value is -1.55. The lowest BCUT2D eigenvalue weighted by Crippen LogP contribution is -2.14. The topological polar surface area (TPSA) is 62.2 Å². The molecule has 114 valence electrons. The van der Waals surface area contributed by atoms with E-state index in [1.165, 1.54) is 7.11 Å². The number of hydrogen-bond acceptors (Lipinski definition) is 3. The second kappa shape index (κ2) is 11.3. The van der Waals surface area contributed by atoms with Crippen LogP contribution in [0.25, 0.3) is 0 Å². The van der Waals surface area contributed by atoms with Crippen LogP contribution < -0.4 is 5.32 Å². The van der Waals surface area contributed by atoms with Gasteiger partial charge in [-0.2, -0.15) is 0 Å². The maximum atomic E-state index is 11.1. The number of hydrogen-bond donors (Lipinski definition) is 2. The zero-order valence-electron chi connectivity index (χ0n) is 13.3. The number of anilines is 1. The number of amides is 1. The van der Waals surface area contributed by atoms with E-state index in [2.05, 4.69) is 10.1 Å². The predicted molar refractivity (Wildman–Crippen MR) is 87.4 cm³/mol. The van der Waals surface area contributed by atoms with Crippen LogP contribution in [0.2, 0.25) is 5.02 Å². The average molecular weight is 301 g/mol. The third-order valence-electron chi connectivity index (χ3n) is 2.03. The van der Waals surface area contributed by atoms with Gasteiger partial charge in [0, 0.05) is 11.3 Å². The molecule has 0 aliphatic heterocycles. The molecule has 0 spiro atoms. The highest BCUT2D eigenvalue weighted by molar-refractivity contribution is 6.35. The number of halogens is 1. The van der Waals surface area contributed by atoms with Crippen molar-refractivity contribution in [3.63, 3.8) is 0 Å². The van der Waals surface area contributed by atoms with Gasteiger partial charge in [-0.25, -0.2) is 4.79 Å². The van der Waals surface area contributed by atoms with Crippen molar-refractivity contribution in [1.82, 2.24) is 0 Å². The van der Waals surface area contributed by atoms with Crippen LogP contribution in [0, 0.1) is 12.3 Å². The van der Waals surface area contributed by atoms with Gasteiger partial charge in [0.1, 0.15) is 0 Å². The summed E-state index contributed by atoms with van der Waals surface area (Å²) < 4.78 is 4.51. The molecule has 5 heteroatoms. The van der Waals surface area contributed by atoms with Gasteiger partial charge in [0.05, 0.1) is 17.8 Å². The average Bonchev–Trinajstić information content (AvgIpc) is 2.41. The van der Waals surface area contributed by atoms with E-state index < -0.39 is 6.09 Å². The lowest BCUT2D eigenvalue weighted by atomic mass is 10.1. The van der Waals surface area contributed by atoms with E-state index in [4.69, 9.17) is 17.0 Å². The van der Waals surface area contributed by atoms with Crippen molar-refractivity contribution in [2.45, 2.75) is 41.5 Å². The molecule has 0 aromatic heterocycles. The molecular formula is C15H25ClN2O2. The van der Waals surface area contributed by atoms with Gasteiger partial charge >= 0.3 is 6.09 Å². The SMILES string of the molecule is CC.CC.COC(=O)Nc1cc(C)cc(Cl)c1C(C)=N. The third kappa shape index (κ3) is 6.57. The molecule has 1 amide bonds. The lowest BCUT2D eigenvalue weighted by molar-refractivity contribution is 0.187. The van der Waals surface area contributed by atoms with Gasteiger partial charge in [-0.05, 0) is 31.5 Å². The molecular weight excluding hydrogens is 276 g/mol. The Morgan fingerprint density at radius 2 is 1.75 bits per heavy atom. The number of methoxy groups -OCH3 is 1. The predicted octanol–water partition coefficient (Wildman–Crippen LogP) is 5.27. The van der Waals surface area contributed by atoms with Gasteiger partial charge in [-0.1, -0.05) is 39.3 Å². The molecule has 2 N–H and O–H groups in total. The minimum absolute atomic E-state index is 0.288. The van der Waals surface area contributed by atoms with Crippen LogP contribution in [0.1, 0.15) is 45.7 Å². The molecule has 1 aromatic rings. The van der Waals surface area contributed by atoms with Crippen LogP contribution in [-0.4, -0.2) is 18.9 Å². The molecule has 0 radical (unpaired) electrons. The summed E-state index contributed by atoms with van der Waals surface area (Å²) in [6.45, 7) is 11.5. The largest absolute Gasteiger partial charge is 0.453 e. The Kier molecular flexibility index (Phi) is 11.7. The van der Waals surface area contributed by atoms with Crippen LogP contribution in [0.5, 0.6) is 0 Å². The lowest BCUT2D eigenvalue weighted by Gasteiger charge is -2.12. The fourth-order valence-electron chi connectivity index (χ4n) is 1.38. The van der Waals surface area contributed by atoms with E-state index in [1.54, 1.807) is 19.1 Å². The first kappa shape index (κ1) is 20.8. The maximum absolute atomic E-state index is 11.1. The van der Waals surface area contributed by atoms with Crippen molar-refractivity contribution in [2.24, 2.45) is 0 Å². The first-order valence-corrected chi connectivity index (χ1v) is 7.04. The van der Waals surface area contributed by atoms with Crippen LogP contribution >= 0.6 is 11.6 Å². The Balaban J connectivity index is 0. The van der Waals surface area contributed by atoms with Gasteiger partial charge in [-0.15, -0.1) is 0 Å². The number of benzene rings is 1. The minimum atomic E-state index is -0.579. The summed E-state index contributed by atoms with van der Waals surface area (Å²) in [6.07, 6.45) is -0.579. The molecule has 0 aliphatic rings. The monoisotopic (exact) mass is 300 g/mol. The molecule has 1 aromatic carbocycles. The molecule has 20 heavy (non-hydrogen) atoms. The standard InChI is InChI=1S/C11H13ClN2O2.2C2H6/c1-6-4-8(12)10(7(2)13)9(5-6)14-11(15)16-3;2*1-2/h4-5,13H,1-3H3,(H,14,15);2*1-2H3. The van der Waals surface area contributed by atoms with Gasteiger partial charge in [-0.3, -0.25) is 5.32 Å². The Morgan fingerprint density at radius 3 is 2.15 bits per heavy atom. The summed E-state index contributed by atoms with van der Waals surface area (Å²) in [4.78, 5) is 11.1. The van der Waals surface area contributed by atoms with Crippen molar-refractivity contribution >= 4 is 29.1 Å². The summed E-state index contributed by atoms with van der Waals surface area (Å²) in [5, 5.41) is 10.6. The smallest absolute Gasteiger partial charge is 0.411 e. The van der Waals surface area contributed by atoms with E-state index in [-0.39, 0.29) is 5.71 Å². The third-order valence-corrected chi connectivity index (χ3v) is 2.33. The van der Waals surface area contributed by atoms with Crippen LogP contribution in [-0.2, 0) is 4.74 Å². The number of aryl methyl sites for hydroxylation is 1. The zero-order valence-corrected chi connectivity index (χ0v) is 14.1. The van der Waals surface area contributed by atoms with Gasteiger partial charge in [0.2, 0.25) is 0 Å². The molecule has 1 rings (SSSR count). The summed E-state index contributed by atoms with van der Waals surface area (Å²) in [6, 6.07) is 3.49. The highest BCUT2D eigenvalue weighted by Crippen LogP contribution is 2.27. The maximum Gasteiger partial charge on any atom is 0.411 e. The summed E-state index contributed by atoms with van der Waals surface area (Å²) >= 11 is 6.02. The first-order chi connectivity index (χ1) is 9.45. The van der Waals surface area contributed by atoms with E-state index in [0.29, 0.717) is 16.3 Å². The Bertz CT molecular complexity index is 446. The van der Waals surface area contributed by atoms with Crippen molar-refractivity contribution in [3.8, 4) is 0 Å². The van der Waals surface area contributed by atoms with Crippen molar-refractivity contribution < 1.29 is 9.53 Å². The van der Waals surface area contributed by atoms with Crippen molar-refractivity contribution in [3.05, 3.63) is 28.3 Å². The molecule has 4 nitrogen and oxygen atoms in total. The Morgan fingerprint density at radius 1 is 1.25 bits per heavy atom. The molecule has 0 saturated carbocycles. The van der Waals surface area contributed by atoms with Gasteiger partial charge < -0.3 is 10.1 Å². The molecule has 0 fully saturated rings. The van der Waals surface area contributed by atoms with E-state index >= 15 is 0 Å². The van der Waals surface area contributed by atoms with E-state index in [0.717, 1.165) is 5.56 Å². The van der Waals surface area contributed by atoms with Gasteiger partial charge in [0.15, 0.2) is 0 Å². The number of nitrogens with one attached hydrogen (secondary N) is 2. The van der Waals surface area contributed by atoms with Gasteiger partial charge in [0.25, 0.3) is 0 Å². The summed E-state index contributed by atoms with van der Waals surface area (Å²) in [5.74, 6) is 0. The summed E-state index contributed by atoms with van der Waals surface area (Å²) in [5.41, 5.74) is 2.19. The second-order valence-electron chi connectivity index (χ2n) is 3.41. The summed E-state index contributed by atoms with van der Waals surface area (Å²) in [7, 11) is 1.28. The van der Waals surface area contributed by atoms with Crippen molar-refractivity contribution in [1.29, 1.82) is 5.41 Å². The van der Waals surface area contributed by atoms with E-state index in [1.807, 2.05) is 34.6 Å². The fraction of sp³-hybridized carbons (Fsp3) is 0.467. The Labute approximate surface area is 127 Å². The quantitative estimate of drug-likeness (QED) is 0.731. The second-order valence-corrected chi connectivity index (χ2v) is 3.82. The van der Waals surface area contributed by atoms with Crippen LogP contribution in [0.4, 0.5) is 10.5 Å². The molecule has 0 unspecified atom stereocenters. The highest BCUT2D eigenvalue weighted by Gasteiger charge is 2.12. The molecule has 0 heterocycles. The minimum Gasteiger partial charge on any atom is -0.453 e. The number of carbonyl (C=O) groups excluding carboxylic acids is 1. The zero-order chi connectivity index (χ0) is 16.3. The van der Waals surface area contributed by atoms with E-state index in [9.17, 15) is 4.79 Å². The number of rotatable bonds is 2. The molecule has 0 atom stereocenters. The normalized spacial score (nSPS) is 8.40. The number of carbonyl (C=O) groups is 1. The first-order valence-electron chi connectivity index (χ1n) is 6.66. The molecule has 0 saturated heterocycles. The highest BCUT2D eigenvalue weighted by atomic mass is 35.5.